The largest absolute Gasteiger partial charge is 0.478 e. The summed E-state index contributed by atoms with van der Waals surface area (Å²) in [6, 6.07) is 8.71. The van der Waals surface area contributed by atoms with Gasteiger partial charge in [-0.2, -0.15) is 0 Å². The van der Waals surface area contributed by atoms with Gasteiger partial charge in [-0.3, -0.25) is 0 Å². The van der Waals surface area contributed by atoms with Crippen molar-refractivity contribution in [2.24, 2.45) is 0 Å². The smallest absolute Gasteiger partial charge is 0.337 e. The van der Waals surface area contributed by atoms with Crippen LogP contribution in [-0.2, 0) is 0 Å². The fourth-order valence-electron chi connectivity index (χ4n) is 1.65. The number of rotatable bonds is 3. The number of benzene rings is 2. The maximum atomic E-state index is 13.1. The molecule has 0 fully saturated rings. The number of anilines is 2. The highest BCUT2D eigenvalue weighted by Gasteiger charge is 2.12. The van der Waals surface area contributed by atoms with Gasteiger partial charge < -0.3 is 15.7 Å². The zero-order valence-corrected chi connectivity index (χ0v) is 11.3. The van der Waals surface area contributed by atoms with Gasteiger partial charge in [0, 0.05) is 0 Å². The Labute approximate surface area is 124 Å². The molecule has 0 aliphatic heterocycles. The van der Waals surface area contributed by atoms with E-state index in [2.05, 4.69) is 10.6 Å². The molecule has 3 N–H and O–H groups in total. The fraction of sp³-hybridized carbons (Fsp3) is 0. The van der Waals surface area contributed by atoms with Crippen molar-refractivity contribution in [3.63, 3.8) is 0 Å². The van der Waals surface area contributed by atoms with Crippen LogP contribution in [0.15, 0.2) is 42.5 Å². The van der Waals surface area contributed by atoms with Crippen molar-refractivity contribution in [1.29, 1.82) is 0 Å². The van der Waals surface area contributed by atoms with Crippen LogP contribution < -0.4 is 10.6 Å². The van der Waals surface area contributed by atoms with E-state index < -0.39 is 17.8 Å². The minimum Gasteiger partial charge on any atom is -0.478 e. The predicted molar refractivity (Wildman–Crippen MR) is 77.5 cm³/mol. The van der Waals surface area contributed by atoms with E-state index in [4.69, 9.17) is 16.7 Å². The van der Waals surface area contributed by atoms with Gasteiger partial charge in [0.15, 0.2) is 0 Å². The van der Waals surface area contributed by atoms with Crippen LogP contribution in [-0.4, -0.2) is 17.1 Å². The molecule has 0 saturated carbocycles. The van der Waals surface area contributed by atoms with Crippen LogP contribution in [0, 0.1) is 5.82 Å². The first-order chi connectivity index (χ1) is 9.97. The van der Waals surface area contributed by atoms with Crippen molar-refractivity contribution >= 4 is 35.0 Å². The lowest BCUT2D eigenvalue weighted by Crippen LogP contribution is -2.21. The summed E-state index contributed by atoms with van der Waals surface area (Å²) in [5.74, 6) is -1.73. The summed E-state index contributed by atoms with van der Waals surface area (Å²) in [4.78, 5) is 22.8. The topological polar surface area (TPSA) is 78.4 Å². The molecule has 0 heterocycles. The molecule has 0 aromatic heterocycles. The number of nitrogens with one attached hydrogen (secondary N) is 2. The number of halogens is 2. The van der Waals surface area contributed by atoms with Gasteiger partial charge in [0.2, 0.25) is 0 Å². The maximum absolute atomic E-state index is 13.1. The van der Waals surface area contributed by atoms with Gasteiger partial charge >= 0.3 is 12.0 Å². The van der Waals surface area contributed by atoms with Crippen molar-refractivity contribution in [3.8, 4) is 0 Å². The molecule has 0 radical (unpaired) electrons. The molecule has 7 heteroatoms. The van der Waals surface area contributed by atoms with Crippen molar-refractivity contribution < 1.29 is 19.1 Å². The summed E-state index contributed by atoms with van der Waals surface area (Å²) in [7, 11) is 0. The molecule has 2 aromatic rings. The fourth-order valence-corrected chi connectivity index (χ4v) is 1.81. The Morgan fingerprint density at radius 2 is 1.71 bits per heavy atom. The van der Waals surface area contributed by atoms with Crippen LogP contribution in [0.25, 0.3) is 0 Å². The molecular formula is C14H10ClFN2O3. The van der Waals surface area contributed by atoms with E-state index in [1.165, 1.54) is 24.3 Å². The lowest BCUT2D eigenvalue weighted by atomic mass is 10.2. The Kier molecular flexibility index (Phi) is 4.39. The predicted octanol–water partition coefficient (Wildman–Crippen LogP) is 3.82. The second-order valence-corrected chi connectivity index (χ2v) is 4.46. The van der Waals surface area contributed by atoms with Crippen molar-refractivity contribution in [2.45, 2.75) is 0 Å². The number of carbonyl (C=O) groups excluding carboxylic acids is 1. The van der Waals surface area contributed by atoms with Gasteiger partial charge in [0.05, 0.1) is 22.0 Å². The summed E-state index contributed by atoms with van der Waals surface area (Å²) in [6.07, 6.45) is 0. The zero-order chi connectivity index (χ0) is 15.4. The number of urea groups is 1. The van der Waals surface area contributed by atoms with Gasteiger partial charge in [-0.25, -0.2) is 14.0 Å². The number of carboxylic acid groups (broad SMARTS) is 1. The highest BCUT2D eigenvalue weighted by molar-refractivity contribution is 6.33. The molecule has 0 saturated heterocycles. The van der Waals surface area contributed by atoms with E-state index in [9.17, 15) is 14.0 Å². The number of carbonyl (C=O) groups is 2. The van der Waals surface area contributed by atoms with E-state index in [0.29, 0.717) is 0 Å². The molecular weight excluding hydrogens is 299 g/mol. The van der Waals surface area contributed by atoms with E-state index in [1.54, 1.807) is 6.07 Å². The Morgan fingerprint density at radius 1 is 1.05 bits per heavy atom. The monoisotopic (exact) mass is 308 g/mol. The highest BCUT2D eigenvalue weighted by Crippen LogP contribution is 2.23. The molecule has 2 amide bonds. The second-order valence-electron chi connectivity index (χ2n) is 4.05. The van der Waals surface area contributed by atoms with Gasteiger partial charge in [-0.15, -0.1) is 0 Å². The zero-order valence-electron chi connectivity index (χ0n) is 10.6. The average molecular weight is 309 g/mol. The molecule has 2 rings (SSSR count). The Balaban J connectivity index is 2.16. The molecule has 21 heavy (non-hydrogen) atoms. The number of para-hydroxylation sites is 1. The molecule has 2 aromatic carbocycles. The van der Waals surface area contributed by atoms with Crippen LogP contribution in [0.3, 0.4) is 0 Å². The van der Waals surface area contributed by atoms with E-state index in [1.807, 2.05) is 0 Å². The number of carboxylic acids is 1. The quantitative estimate of drug-likeness (QED) is 0.806. The van der Waals surface area contributed by atoms with Crippen LogP contribution >= 0.6 is 11.6 Å². The molecule has 0 aliphatic carbocycles. The summed E-state index contributed by atoms with van der Waals surface area (Å²) in [5.41, 5.74) is 0.148. The minimum absolute atomic E-state index is 0.0574. The van der Waals surface area contributed by atoms with Gasteiger partial charge in [0.1, 0.15) is 5.82 Å². The normalized spacial score (nSPS) is 10.0. The van der Waals surface area contributed by atoms with Crippen LogP contribution in [0.5, 0.6) is 0 Å². The first-order valence-corrected chi connectivity index (χ1v) is 6.20. The van der Waals surface area contributed by atoms with Gasteiger partial charge in [-0.1, -0.05) is 23.7 Å². The SMILES string of the molecule is O=C(Nc1cc(F)ccc1Cl)Nc1ccccc1C(=O)O. The molecule has 5 nitrogen and oxygen atoms in total. The third-order valence-corrected chi connectivity index (χ3v) is 2.91. The lowest BCUT2D eigenvalue weighted by molar-refractivity contribution is 0.0698. The first-order valence-electron chi connectivity index (χ1n) is 5.83. The molecule has 0 spiro atoms. The number of hydrogen-bond donors (Lipinski definition) is 3. The highest BCUT2D eigenvalue weighted by atomic mass is 35.5. The van der Waals surface area contributed by atoms with E-state index in [0.717, 1.165) is 12.1 Å². The molecule has 0 aliphatic rings. The Morgan fingerprint density at radius 3 is 2.43 bits per heavy atom. The number of aromatic carboxylic acids is 1. The first kappa shape index (κ1) is 14.8. The molecule has 108 valence electrons. The van der Waals surface area contributed by atoms with Crippen LogP contribution in [0.1, 0.15) is 10.4 Å². The summed E-state index contributed by atoms with van der Waals surface area (Å²) in [6.45, 7) is 0. The van der Waals surface area contributed by atoms with Gasteiger partial charge in [-0.05, 0) is 30.3 Å². The third kappa shape index (κ3) is 3.70. The lowest BCUT2D eigenvalue weighted by Gasteiger charge is -2.10. The molecule has 0 atom stereocenters. The summed E-state index contributed by atoms with van der Waals surface area (Å²) < 4.78 is 13.1. The van der Waals surface area contributed by atoms with Crippen LogP contribution in [0.4, 0.5) is 20.6 Å². The maximum Gasteiger partial charge on any atom is 0.337 e. The summed E-state index contributed by atoms with van der Waals surface area (Å²) in [5, 5.41) is 13.9. The van der Waals surface area contributed by atoms with E-state index in [-0.39, 0.29) is 22.0 Å². The van der Waals surface area contributed by atoms with Crippen molar-refractivity contribution in [3.05, 3.63) is 58.9 Å². The number of amides is 2. The Bertz CT molecular complexity index is 706. The van der Waals surface area contributed by atoms with E-state index >= 15 is 0 Å². The third-order valence-electron chi connectivity index (χ3n) is 2.58. The second kappa shape index (κ2) is 6.23. The van der Waals surface area contributed by atoms with Crippen LogP contribution in [0.2, 0.25) is 5.02 Å². The van der Waals surface area contributed by atoms with Crippen molar-refractivity contribution in [1.82, 2.24) is 0 Å². The number of hydrogen-bond acceptors (Lipinski definition) is 2. The standard InChI is InChI=1S/C14H10ClFN2O3/c15-10-6-5-8(16)7-12(10)18-14(21)17-11-4-2-1-3-9(11)13(19)20/h1-7H,(H,19,20)(H2,17,18,21). The minimum atomic E-state index is -1.17. The molecule has 0 unspecified atom stereocenters. The van der Waals surface area contributed by atoms with Gasteiger partial charge in [0.25, 0.3) is 0 Å². The Hall–Kier alpha value is -2.60. The molecule has 0 bridgehead atoms. The summed E-state index contributed by atoms with van der Waals surface area (Å²) >= 11 is 5.82. The van der Waals surface area contributed by atoms with Crippen molar-refractivity contribution in [2.75, 3.05) is 10.6 Å². The average Bonchev–Trinajstić information content (AvgIpc) is 2.43.